The molecule has 0 radical (unpaired) electrons. The van der Waals surface area contributed by atoms with Crippen LogP contribution in [-0.2, 0) is 24.4 Å². The molecule has 1 aromatic heterocycles. The third-order valence-corrected chi connectivity index (χ3v) is 5.55. The first-order chi connectivity index (χ1) is 15.2. The molecule has 1 aromatic carbocycles. The predicted octanol–water partition coefficient (Wildman–Crippen LogP) is 2.69. The monoisotopic (exact) mass is 427 g/mol. The van der Waals surface area contributed by atoms with E-state index in [1.807, 2.05) is 12.1 Å². The van der Waals surface area contributed by atoms with Gasteiger partial charge in [0, 0.05) is 38.8 Å². The SMILES string of the molecule is CCNC(=NCc1ccccc1CN(C)Cc1ccco1)NCC(C)N1CCOCC1. The van der Waals surface area contributed by atoms with Crippen LogP contribution < -0.4 is 10.6 Å². The molecule has 3 rings (SSSR count). The van der Waals surface area contributed by atoms with Crippen LogP contribution in [0.3, 0.4) is 0 Å². The van der Waals surface area contributed by atoms with Crippen molar-refractivity contribution in [1.82, 2.24) is 20.4 Å². The van der Waals surface area contributed by atoms with Crippen LogP contribution in [0, 0.1) is 0 Å². The van der Waals surface area contributed by atoms with E-state index in [2.05, 4.69) is 65.6 Å². The number of guanidine groups is 1. The van der Waals surface area contributed by atoms with Crippen LogP contribution in [0.2, 0.25) is 0 Å². The van der Waals surface area contributed by atoms with Gasteiger partial charge in [-0.2, -0.15) is 0 Å². The van der Waals surface area contributed by atoms with Gasteiger partial charge >= 0.3 is 0 Å². The highest BCUT2D eigenvalue weighted by molar-refractivity contribution is 5.79. The van der Waals surface area contributed by atoms with Crippen molar-refractivity contribution in [3.8, 4) is 0 Å². The molecular weight excluding hydrogens is 390 g/mol. The maximum atomic E-state index is 5.48. The lowest BCUT2D eigenvalue weighted by atomic mass is 10.1. The van der Waals surface area contributed by atoms with Gasteiger partial charge in [-0.1, -0.05) is 24.3 Å². The Bertz CT molecular complexity index is 787. The molecule has 1 saturated heterocycles. The summed E-state index contributed by atoms with van der Waals surface area (Å²) in [6, 6.07) is 12.9. The fraction of sp³-hybridized carbons (Fsp3) is 0.542. The Morgan fingerprint density at radius 3 is 2.58 bits per heavy atom. The number of nitrogens with one attached hydrogen (secondary N) is 2. The molecule has 0 saturated carbocycles. The Hall–Kier alpha value is -2.35. The quantitative estimate of drug-likeness (QED) is 0.449. The van der Waals surface area contributed by atoms with Gasteiger partial charge in [-0.15, -0.1) is 0 Å². The standard InChI is InChI=1S/C24H37N5O2/c1-4-25-24(26-16-20(2)29-11-14-30-15-12-29)27-17-21-8-5-6-9-22(21)18-28(3)19-23-10-7-13-31-23/h5-10,13,20H,4,11-12,14-19H2,1-3H3,(H2,25,26,27). The Morgan fingerprint density at radius 1 is 1.10 bits per heavy atom. The number of ether oxygens (including phenoxy) is 1. The summed E-state index contributed by atoms with van der Waals surface area (Å²) in [7, 11) is 2.11. The predicted molar refractivity (Wildman–Crippen MR) is 125 cm³/mol. The number of nitrogens with zero attached hydrogens (tertiary/aromatic N) is 3. The van der Waals surface area contributed by atoms with Crippen LogP contribution in [0.1, 0.15) is 30.7 Å². The van der Waals surface area contributed by atoms with Gasteiger partial charge in [0.25, 0.3) is 0 Å². The Morgan fingerprint density at radius 2 is 1.87 bits per heavy atom. The summed E-state index contributed by atoms with van der Waals surface area (Å²) in [5.41, 5.74) is 2.53. The van der Waals surface area contributed by atoms with E-state index in [0.717, 1.165) is 64.2 Å². The maximum absolute atomic E-state index is 5.48. The van der Waals surface area contributed by atoms with Gasteiger partial charge in [0.05, 0.1) is 32.6 Å². The van der Waals surface area contributed by atoms with E-state index in [9.17, 15) is 0 Å². The van der Waals surface area contributed by atoms with Crippen molar-refractivity contribution in [2.75, 3.05) is 46.4 Å². The molecule has 2 N–H and O–H groups in total. The van der Waals surface area contributed by atoms with Crippen LogP contribution in [0.5, 0.6) is 0 Å². The largest absolute Gasteiger partial charge is 0.468 e. The molecule has 1 aliphatic rings. The van der Waals surface area contributed by atoms with E-state index >= 15 is 0 Å². The molecule has 1 atom stereocenters. The minimum atomic E-state index is 0.440. The molecule has 0 aliphatic carbocycles. The van der Waals surface area contributed by atoms with E-state index in [1.54, 1.807) is 6.26 Å². The first-order valence-electron chi connectivity index (χ1n) is 11.3. The number of furan rings is 1. The fourth-order valence-electron chi connectivity index (χ4n) is 3.78. The third kappa shape index (κ3) is 7.69. The van der Waals surface area contributed by atoms with Crippen molar-refractivity contribution in [3.05, 3.63) is 59.5 Å². The average Bonchev–Trinajstić information content (AvgIpc) is 3.30. The van der Waals surface area contributed by atoms with Crippen LogP contribution >= 0.6 is 0 Å². The molecule has 2 aromatic rings. The van der Waals surface area contributed by atoms with Gasteiger partial charge in [0.1, 0.15) is 5.76 Å². The van der Waals surface area contributed by atoms with Crippen LogP contribution in [-0.4, -0.2) is 68.2 Å². The van der Waals surface area contributed by atoms with Crippen molar-refractivity contribution < 1.29 is 9.15 Å². The van der Waals surface area contributed by atoms with Gasteiger partial charge in [-0.05, 0) is 44.2 Å². The number of rotatable bonds is 10. The lowest BCUT2D eigenvalue weighted by Gasteiger charge is -2.32. The summed E-state index contributed by atoms with van der Waals surface area (Å²) in [5.74, 6) is 1.84. The van der Waals surface area contributed by atoms with E-state index in [4.69, 9.17) is 14.1 Å². The zero-order chi connectivity index (χ0) is 21.9. The van der Waals surface area contributed by atoms with Gasteiger partial charge in [0.2, 0.25) is 0 Å². The third-order valence-electron chi connectivity index (χ3n) is 5.55. The lowest BCUT2D eigenvalue weighted by molar-refractivity contribution is 0.0211. The normalized spacial score (nSPS) is 16.5. The molecule has 0 bridgehead atoms. The number of hydrogen-bond acceptors (Lipinski definition) is 5. The van der Waals surface area contributed by atoms with Crippen molar-refractivity contribution >= 4 is 5.96 Å². The summed E-state index contributed by atoms with van der Waals surface area (Å²) in [6.45, 7) is 12.0. The Balaban J connectivity index is 1.57. The smallest absolute Gasteiger partial charge is 0.191 e. The molecule has 7 nitrogen and oxygen atoms in total. The van der Waals surface area contributed by atoms with Crippen molar-refractivity contribution in [2.45, 2.75) is 39.5 Å². The van der Waals surface area contributed by atoms with Crippen molar-refractivity contribution in [2.24, 2.45) is 4.99 Å². The second kappa shape index (κ2) is 12.5. The van der Waals surface area contributed by atoms with Gasteiger partial charge in [-0.25, -0.2) is 4.99 Å². The second-order valence-corrected chi connectivity index (χ2v) is 8.09. The topological polar surface area (TPSA) is 65.3 Å². The van der Waals surface area contributed by atoms with Crippen molar-refractivity contribution in [3.63, 3.8) is 0 Å². The Kier molecular flexibility index (Phi) is 9.39. The second-order valence-electron chi connectivity index (χ2n) is 8.09. The van der Waals surface area contributed by atoms with Gasteiger partial charge in [0.15, 0.2) is 5.96 Å². The molecule has 31 heavy (non-hydrogen) atoms. The molecule has 2 heterocycles. The highest BCUT2D eigenvalue weighted by Crippen LogP contribution is 2.14. The minimum absolute atomic E-state index is 0.440. The van der Waals surface area contributed by atoms with E-state index < -0.39 is 0 Å². The molecule has 1 aliphatic heterocycles. The summed E-state index contributed by atoms with van der Waals surface area (Å²) in [6.07, 6.45) is 1.72. The lowest BCUT2D eigenvalue weighted by Crippen LogP contribution is -2.49. The number of hydrogen-bond donors (Lipinski definition) is 2. The number of benzene rings is 1. The first-order valence-corrected chi connectivity index (χ1v) is 11.3. The summed E-state index contributed by atoms with van der Waals surface area (Å²) < 4.78 is 10.9. The molecular formula is C24H37N5O2. The Labute approximate surface area is 186 Å². The molecule has 170 valence electrons. The summed E-state index contributed by atoms with van der Waals surface area (Å²) in [4.78, 5) is 9.58. The van der Waals surface area contributed by atoms with E-state index in [0.29, 0.717) is 12.6 Å². The highest BCUT2D eigenvalue weighted by atomic mass is 16.5. The summed E-state index contributed by atoms with van der Waals surface area (Å²) >= 11 is 0. The van der Waals surface area contributed by atoms with Crippen LogP contribution in [0.15, 0.2) is 52.1 Å². The fourth-order valence-corrected chi connectivity index (χ4v) is 3.78. The zero-order valence-corrected chi connectivity index (χ0v) is 19.1. The van der Waals surface area contributed by atoms with Crippen molar-refractivity contribution in [1.29, 1.82) is 0 Å². The number of morpholine rings is 1. The van der Waals surface area contributed by atoms with Gasteiger partial charge < -0.3 is 19.8 Å². The highest BCUT2D eigenvalue weighted by Gasteiger charge is 2.17. The zero-order valence-electron chi connectivity index (χ0n) is 19.1. The maximum Gasteiger partial charge on any atom is 0.191 e. The molecule has 0 spiro atoms. The average molecular weight is 428 g/mol. The molecule has 7 heteroatoms. The molecule has 0 amide bonds. The molecule has 1 fully saturated rings. The van der Waals surface area contributed by atoms with Crippen LogP contribution in [0.25, 0.3) is 0 Å². The minimum Gasteiger partial charge on any atom is -0.468 e. The van der Waals surface area contributed by atoms with Crippen LogP contribution in [0.4, 0.5) is 0 Å². The first kappa shape index (κ1) is 23.3. The van der Waals surface area contributed by atoms with E-state index in [-0.39, 0.29) is 0 Å². The molecule has 1 unspecified atom stereocenters. The number of aliphatic imine (C=N–C) groups is 1. The van der Waals surface area contributed by atoms with Gasteiger partial charge in [-0.3, -0.25) is 9.80 Å². The van der Waals surface area contributed by atoms with E-state index in [1.165, 1.54) is 11.1 Å². The summed E-state index contributed by atoms with van der Waals surface area (Å²) in [5, 5.41) is 6.89.